The molecule has 2 aromatic rings. The Morgan fingerprint density at radius 2 is 1.44 bits per heavy atom. The Kier molecular flexibility index (Phi) is 2.69. The zero-order valence-corrected chi connectivity index (χ0v) is 10.0. The minimum atomic E-state index is 0.871. The van der Waals surface area contributed by atoms with Gasteiger partial charge in [-0.25, -0.2) is 0 Å². The van der Waals surface area contributed by atoms with Gasteiger partial charge in [0.15, 0.2) is 0 Å². The molecular formula is C15H17N. The van der Waals surface area contributed by atoms with Crippen LogP contribution in [0.5, 0.6) is 0 Å². The average Bonchev–Trinajstić information content (AvgIpc) is 2.25. The van der Waals surface area contributed by atoms with Crippen LogP contribution in [0.3, 0.4) is 0 Å². The second-order valence-electron chi connectivity index (χ2n) is 4.39. The van der Waals surface area contributed by atoms with Gasteiger partial charge in [0, 0.05) is 5.69 Å². The molecule has 1 nitrogen and oxygen atoms in total. The van der Waals surface area contributed by atoms with E-state index in [-0.39, 0.29) is 0 Å². The smallest absolute Gasteiger partial charge is 0.0352 e. The summed E-state index contributed by atoms with van der Waals surface area (Å²) in [6.45, 7) is 6.25. The molecule has 0 radical (unpaired) electrons. The lowest BCUT2D eigenvalue weighted by Crippen LogP contribution is -1.94. The summed E-state index contributed by atoms with van der Waals surface area (Å²) in [7, 11) is 0. The van der Waals surface area contributed by atoms with Gasteiger partial charge in [0.2, 0.25) is 0 Å². The lowest BCUT2D eigenvalue weighted by atomic mass is 9.96. The number of nitrogen functional groups attached to an aromatic ring is 1. The number of rotatable bonds is 1. The number of hydrogen-bond donors (Lipinski definition) is 1. The molecule has 0 saturated carbocycles. The maximum absolute atomic E-state index is 5.99. The summed E-state index contributed by atoms with van der Waals surface area (Å²) in [5, 5.41) is 0. The van der Waals surface area contributed by atoms with E-state index < -0.39 is 0 Å². The van der Waals surface area contributed by atoms with Gasteiger partial charge in [-0.05, 0) is 49.1 Å². The van der Waals surface area contributed by atoms with E-state index in [1.807, 2.05) is 6.07 Å². The molecule has 0 spiro atoms. The minimum Gasteiger partial charge on any atom is -0.398 e. The standard InChI is InChI=1S/C15H17N/c1-10-4-6-13(7-5-10)14-8-11(2)9-15(16)12(14)3/h4-9H,16H2,1-3H3. The number of anilines is 1. The minimum absolute atomic E-state index is 0.871. The Balaban J connectivity index is 2.59. The van der Waals surface area contributed by atoms with Crippen LogP contribution in [0.25, 0.3) is 11.1 Å². The molecule has 0 aromatic heterocycles. The molecule has 0 heterocycles. The fourth-order valence-electron chi connectivity index (χ4n) is 1.92. The lowest BCUT2D eigenvalue weighted by Gasteiger charge is -2.10. The summed E-state index contributed by atoms with van der Waals surface area (Å²) in [5.74, 6) is 0. The normalized spacial score (nSPS) is 10.4. The van der Waals surface area contributed by atoms with Crippen molar-refractivity contribution in [2.45, 2.75) is 20.8 Å². The molecule has 82 valence electrons. The highest BCUT2D eigenvalue weighted by atomic mass is 14.6. The molecule has 0 aliphatic heterocycles. The third kappa shape index (κ3) is 1.94. The molecule has 1 heteroatoms. The molecule has 0 fully saturated rings. The number of nitrogens with two attached hydrogens (primary N) is 1. The largest absolute Gasteiger partial charge is 0.398 e. The van der Waals surface area contributed by atoms with Gasteiger partial charge in [0.1, 0.15) is 0 Å². The quantitative estimate of drug-likeness (QED) is 0.712. The van der Waals surface area contributed by atoms with Crippen molar-refractivity contribution in [2.75, 3.05) is 5.73 Å². The first-order valence-corrected chi connectivity index (χ1v) is 5.51. The van der Waals surface area contributed by atoms with Gasteiger partial charge >= 0.3 is 0 Å². The van der Waals surface area contributed by atoms with Gasteiger partial charge in [0.05, 0.1) is 0 Å². The Labute approximate surface area is 96.9 Å². The van der Waals surface area contributed by atoms with Crippen LogP contribution in [0.2, 0.25) is 0 Å². The van der Waals surface area contributed by atoms with Gasteiger partial charge in [-0.15, -0.1) is 0 Å². The Hall–Kier alpha value is -1.76. The third-order valence-electron chi connectivity index (χ3n) is 2.95. The van der Waals surface area contributed by atoms with Gasteiger partial charge in [0.25, 0.3) is 0 Å². The lowest BCUT2D eigenvalue weighted by molar-refractivity contribution is 1.39. The summed E-state index contributed by atoms with van der Waals surface area (Å²) in [4.78, 5) is 0. The number of hydrogen-bond acceptors (Lipinski definition) is 1. The van der Waals surface area contributed by atoms with Crippen molar-refractivity contribution < 1.29 is 0 Å². The van der Waals surface area contributed by atoms with Crippen LogP contribution in [-0.4, -0.2) is 0 Å². The predicted molar refractivity (Wildman–Crippen MR) is 70.5 cm³/mol. The van der Waals surface area contributed by atoms with Crippen LogP contribution in [-0.2, 0) is 0 Å². The number of benzene rings is 2. The first-order valence-electron chi connectivity index (χ1n) is 5.51. The van der Waals surface area contributed by atoms with Crippen LogP contribution in [0.4, 0.5) is 5.69 Å². The van der Waals surface area contributed by atoms with Crippen molar-refractivity contribution in [1.82, 2.24) is 0 Å². The maximum atomic E-state index is 5.99. The molecular weight excluding hydrogens is 194 g/mol. The predicted octanol–water partition coefficient (Wildman–Crippen LogP) is 3.86. The molecule has 2 rings (SSSR count). The number of aryl methyl sites for hydroxylation is 2. The highest BCUT2D eigenvalue weighted by Gasteiger charge is 2.05. The van der Waals surface area contributed by atoms with Crippen molar-refractivity contribution in [1.29, 1.82) is 0 Å². The summed E-state index contributed by atoms with van der Waals surface area (Å²) in [5.41, 5.74) is 13.0. The van der Waals surface area contributed by atoms with E-state index in [0.717, 1.165) is 11.3 Å². The van der Waals surface area contributed by atoms with Crippen LogP contribution in [0.15, 0.2) is 36.4 Å². The van der Waals surface area contributed by atoms with Crippen LogP contribution >= 0.6 is 0 Å². The third-order valence-corrected chi connectivity index (χ3v) is 2.95. The Morgan fingerprint density at radius 1 is 0.812 bits per heavy atom. The molecule has 2 aromatic carbocycles. The maximum Gasteiger partial charge on any atom is 0.0352 e. The molecule has 0 bridgehead atoms. The summed E-state index contributed by atoms with van der Waals surface area (Å²) >= 11 is 0. The topological polar surface area (TPSA) is 26.0 Å². The van der Waals surface area contributed by atoms with Crippen molar-refractivity contribution in [3.8, 4) is 11.1 Å². The molecule has 0 amide bonds. The van der Waals surface area contributed by atoms with Gasteiger partial charge in [-0.2, -0.15) is 0 Å². The molecule has 0 saturated heterocycles. The van der Waals surface area contributed by atoms with Crippen LogP contribution < -0.4 is 5.73 Å². The van der Waals surface area contributed by atoms with Crippen LogP contribution in [0.1, 0.15) is 16.7 Å². The Bertz CT molecular complexity index is 510. The molecule has 0 aliphatic rings. The fraction of sp³-hybridized carbons (Fsp3) is 0.200. The van der Waals surface area contributed by atoms with Gasteiger partial charge in [-0.3, -0.25) is 0 Å². The van der Waals surface area contributed by atoms with E-state index in [1.165, 1.54) is 22.3 Å². The molecule has 0 atom stereocenters. The van der Waals surface area contributed by atoms with E-state index in [4.69, 9.17) is 5.73 Å². The summed E-state index contributed by atoms with van der Waals surface area (Å²) in [6, 6.07) is 12.8. The fourth-order valence-corrected chi connectivity index (χ4v) is 1.92. The van der Waals surface area contributed by atoms with Gasteiger partial charge < -0.3 is 5.73 Å². The van der Waals surface area contributed by atoms with Crippen molar-refractivity contribution in [3.05, 3.63) is 53.1 Å². The second-order valence-corrected chi connectivity index (χ2v) is 4.39. The van der Waals surface area contributed by atoms with Crippen molar-refractivity contribution >= 4 is 5.69 Å². The van der Waals surface area contributed by atoms with Crippen molar-refractivity contribution in [2.24, 2.45) is 0 Å². The highest BCUT2D eigenvalue weighted by molar-refractivity contribution is 5.73. The van der Waals surface area contributed by atoms with E-state index in [0.29, 0.717) is 0 Å². The molecule has 0 unspecified atom stereocenters. The average molecular weight is 211 g/mol. The Morgan fingerprint density at radius 3 is 2.06 bits per heavy atom. The SMILES string of the molecule is Cc1ccc(-c2cc(C)cc(N)c2C)cc1. The monoisotopic (exact) mass is 211 g/mol. The van der Waals surface area contributed by atoms with Crippen LogP contribution in [0, 0.1) is 20.8 Å². The molecule has 16 heavy (non-hydrogen) atoms. The van der Waals surface area contributed by atoms with Gasteiger partial charge in [-0.1, -0.05) is 35.9 Å². The first-order chi connectivity index (χ1) is 7.58. The van der Waals surface area contributed by atoms with E-state index in [9.17, 15) is 0 Å². The first kappa shape index (κ1) is 10.7. The van der Waals surface area contributed by atoms with E-state index in [2.05, 4.69) is 51.1 Å². The summed E-state index contributed by atoms with van der Waals surface area (Å²) < 4.78 is 0. The molecule has 2 N–H and O–H groups in total. The van der Waals surface area contributed by atoms with Crippen molar-refractivity contribution in [3.63, 3.8) is 0 Å². The zero-order valence-electron chi connectivity index (χ0n) is 10.0. The second kappa shape index (κ2) is 4.01. The van der Waals surface area contributed by atoms with E-state index in [1.54, 1.807) is 0 Å². The zero-order chi connectivity index (χ0) is 11.7. The molecule has 0 aliphatic carbocycles. The van der Waals surface area contributed by atoms with E-state index >= 15 is 0 Å². The highest BCUT2D eigenvalue weighted by Crippen LogP contribution is 2.28. The summed E-state index contributed by atoms with van der Waals surface area (Å²) in [6.07, 6.45) is 0.